The van der Waals surface area contributed by atoms with E-state index in [0.29, 0.717) is 0 Å². The maximum absolute atomic E-state index is 2.53. The predicted octanol–water partition coefficient (Wildman–Crippen LogP) is 13.3. The third-order valence-corrected chi connectivity index (χ3v) is 11.6. The van der Waals surface area contributed by atoms with Gasteiger partial charge in [0.15, 0.2) is 0 Å². The van der Waals surface area contributed by atoms with Crippen molar-refractivity contribution in [2.24, 2.45) is 0 Å². The number of thiophene rings is 1. The maximum Gasteiger partial charge on any atom is 0.0546 e. The summed E-state index contributed by atoms with van der Waals surface area (Å²) in [5.74, 6) is 0. The Kier molecular flexibility index (Phi) is 5.57. The minimum atomic E-state index is -0.0881. The molecule has 0 aliphatic heterocycles. The van der Waals surface area contributed by atoms with Crippen molar-refractivity contribution in [1.82, 2.24) is 0 Å². The molecule has 0 saturated carbocycles. The minimum absolute atomic E-state index is 0.0881. The molecule has 0 spiro atoms. The van der Waals surface area contributed by atoms with E-state index in [9.17, 15) is 0 Å². The van der Waals surface area contributed by atoms with Crippen LogP contribution in [0.1, 0.15) is 25.0 Å². The van der Waals surface area contributed by atoms with Crippen LogP contribution in [-0.4, -0.2) is 0 Å². The number of nitrogens with zero attached hydrogens (tertiary/aromatic N) is 1. The summed E-state index contributed by atoms with van der Waals surface area (Å²) in [6.07, 6.45) is 0. The van der Waals surface area contributed by atoms with Crippen LogP contribution in [0.2, 0.25) is 0 Å². The first kappa shape index (κ1) is 26.7. The fraction of sp³-hybridized carbons (Fsp3) is 0.0667. The van der Waals surface area contributed by atoms with Gasteiger partial charge in [0.25, 0.3) is 0 Å². The number of hydrogen-bond acceptors (Lipinski definition) is 2. The molecule has 10 rings (SSSR count). The molecular weight excluding hydrogens is 587 g/mol. The molecule has 1 heterocycles. The van der Waals surface area contributed by atoms with Gasteiger partial charge in [0.1, 0.15) is 0 Å². The lowest BCUT2D eigenvalue weighted by Crippen LogP contribution is -2.16. The largest absolute Gasteiger partial charge is 0.309 e. The molecule has 1 aliphatic rings. The van der Waals surface area contributed by atoms with Gasteiger partial charge >= 0.3 is 0 Å². The summed E-state index contributed by atoms with van der Waals surface area (Å²) in [7, 11) is 0. The maximum atomic E-state index is 2.53. The van der Waals surface area contributed by atoms with E-state index in [-0.39, 0.29) is 5.41 Å². The van der Waals surface area contributed by atoms with Gasteiger partial charge in [-0.15, -0.1) is 11.3 Å². The molecule has 222 valence electrons. The van der Waals surface area contributed by atoms with Gasteiger partial charge in [-0.25, -0.2) is 0 Å². The number of benzene rings is 8. The second-order valence-electron chi connectivity index (χ2n) is 13.3. The van der Waals surface area contributed by atoms with E-state index in [0.717, 1.165) is 5.69 Å². The molecule has 0 atom stereocenters. The smallest absolute Gasteiger partial charge is 0.0546 e. The molecule has 0 amide bonds. The van der Waals surface area contributed by atoms with E-state index in [1.165, 1.54) is 86.1 Å². The Morgan fingerprint density at radius 1 is 0.489 bits per heavy atom. The highest BCUT2D eigenvalue weighted by molar-refractivity contribution is 7.26. The molecule has 47 heavy (non-hydrogen) atoms. The molecule has 1 nitrogen and oxygen atoms in total. The van der Waals surface area contributed by atoms with Crippen LogP contribution in [0.5, 0.6) is 0 Å². The Hall–Kier alpha value is -5.44. The first-order chi connectivity index (χ1) is 23.1. The van der Waals surface area contributed by atoms with Gasteiger partial charge < -0.3 is 4.90 Å². The monoisotopic (exact) mass is 617 g/mol. The van der Waals surface area contributed by atoms with E-state index < -0.39 is 0 Å². The molecule has 0 unspecified atom stereocenters. The van der Waals surface area contributed by atoms with Crippen LogP contribution in [0, 0.1) is 0 Å². The minimum Gasteiger partial charge on any atom is -0.309 e. The Bertz CT molecular complexity index is 2730. The normalized spacial score (nSPS) is 13.5. The van der Waals surface area contributed by atoms with Crippen LogP contribution >= 0.6 is 11.3 Å². The number of fused-ring (bicyclic) bond motifs is 11. The van der Waals surface area contributed by atoms with Gasteiger partial charge in [-0.05, 0) is 68.6 Å². The highest BCUT2D eigenvalue weighted by atomic mass is 32.1. The van der Waals surface area contributed by atoms with Gasteiger partial charge in [0, 0.05) is 47.6 Å². The molecule has 0 bridgehead atoms. The zero-order chi connectivity index (χ0) is 31.3. The van der Waals surface area contributed by atoms with Crippen LogP contribution < -0.4 is 4.90 Å². The molecule has 2 heteroatoms. The van der Waals surface area contributed by atoms with E-state index in [4.69, 9.17) is 0 Å². The zero-order valence-corrected chi connectivity index (χ0v) is 27.1. The number of rotatable bonds is 3. The van der Waals surface area contributed by atoms with E-state index in [2.05, 4.69) is 170 Å². The summed E-state index contributed by atoms with van der Waals surface area (Å²) in [4.78, 5) is 2.53. The van der Waals surface area contributed by atoms with Crippen LogP contribution in [0.25, 0.3) is 63.6 Å². The molecule has 9 aromatic rings. The highest BCUT2D eigenvalue weighted by Gasteiger charge is 2.38. The molecule has 0 saturated heterocycles. The van der Waals surface area contributed by atoms with Crippen LogP contribution in [0.3, 0.4) is 0 Å². The summed E-state index contributed by atoms with van der Waals surface area (Å²) in [5.41, 5.74) is 8.89. The first-order valence-electron chi connectivity index (χ1n) is 16.4. The summed E-state index contributed by atoms with van der Waals surface area (Å²) in [6, 6.07) is 56.4. The van der Waals surface area contributed by atoms with Gasteiger partial charge in [-0.1, -0.05) is 135 Å². The highest BCUT2D eigenvalue weighted by Crippen LogP contribution is 2.55. The van der Waals surface area contributed by atoms with Crippen molar-refractivity contribution in [3.63, 3.8) is 0 Å². The van der Waals surface area contributed by atoms with Crippen LogP contribution in [0.4, 0.5) is 17.1 Å². The van der Waals surface area contributed by atoms with Crippen molar-refractivity contribution in [2.45, 2.75) is 19.3 Å². The third kappa shape index (κ3) is 3.77. The average Bonchev–Trinajstić information content (AvgIpc) is 3.61. The van der Waals surface area contributed by atoms with Crippen LogP contribution in [0.15, 0.2) is 152 Å². The number of anilines is 3. The summed E-state index contributed by atoms with van der Waals surface area (Å²) < 4.78 is 2.70. The number of hydrogen-bond donors (Lipinski definition) is 0. The average molecular weight is 618 g/mol. The second-order valence-corrected chi connectivity index (χ2v) is 14.4. The van der Waals surface area contributed by atoms with E-state index in [1.54, 1.807) is 0 Å². The lowest BCUT2D eigenvalue weighted by molar-refractivity contribution is 0.660. The lowest BCUT2D eigenvalue weighted by atomic mass is 9.82. The summed E-state index contributed by atoms with van der Waals surface area (Å²) >= 11 is 1.91. The Morgan fingerprint density at radius 3 is 2.09 bits per heavy atom. The van der Waals surface area contributed by atoms with Crippen molar-refractivity contribution < 1.29 is 0 Å². The molecule has 1 aliphatic carbocycles. The van der Waals surface area contributed by atoms with Crippen molar-refractivity contribution in [3.05, 3.63) is 163 Å². The third-order valence-electron chi connectivity index (χ3n) is 10.4. The summed E-state index contributed by atoms with van der Waals surface area (Å²) in [6.45, 7) is 4.73. The fourth-order valence-corrected chi connectivity index (χ4v) is 9.45. The molecule has 1 aromatic heterocycles. The molecule has 8 aromatic carbocycles. The molecule has 0 radical (unpaired) electrons. The van der Waals surface area contributed by atoms with Gasteiger partial charge in [0.2, 0.25) is 0 Å². The van der Waals surface area contributed by atoms with Gasteiger partial charge in [-0.3, -0.25) is 0 Å². The van der Waals surface area contributed by atoms with Gasteiger partial charge in [-0.2, -0.15) is 0 Å². The Morgan fingerprint density at radius 2 is 1.19 bits per heavy atom. The summed E-state index contributed by atoms with van der Waals surface area (Å²) in [5, 5.41) is 10.3. The lowest BCUT2D eigenvalue weighted by Gasteiger charge is -2.30. The van der Waals surface area contributed by atoms with Crippen molar-refractivity contribution in [1.29, 1.82) is 0 Å². The van der Waals surface area contributed by atoms with Crippen LogP contribution in [-0.2, 0) is 5.41 Å². The molecule has 0 N–H and O–H groups in total. The quantitative estimate of drug-likeness (QED) is 0.178. The van der Waals surface area contributed by atoms with Crippen molar-refractivity contribution in [3.8, 4) is 11.1 Å². The standard InChI is InChI=1S/C45H31NS/c1-45(2)37-18-9-7-17-36(37)43-38(45)19-11-20-39(43)46(31-24-22-28-12-3-4-13-29(28)26-31)40-27-30-23-25-35-33-15-8-10-21-41(33)47-44(35)42(30)34-16-6-5-14-32(34)40/h3-27H,1-2H3. The predicted molar refractivity (Wildman–Crippen MR) is 204 cm³/mol. The molecule has 0 fully saturated rings. The SMILES string of the molecule is CC1(C)c2ccccc2-c2c(N(c3ccc4ccccc4c3)c3cc4ccc5c6ccccc6sc5c4c4ccccc34)cccc21. The van der Waals surface area contributed by atoms with Crippen molar-refractivity contribution >= 4 is 80.9 Å². The Balaban J connectivity index is 1.33. The second kappa shape index (κ2) is 9.78. The van der Waals surface area contributed by atoms with E-state index >= 15 is 0 Å². The fourth-order valence-electron chi connectivity index (χ4n) is 8.18. The zero-order valence-electron chi connectivity index (χ0n) is 26.3. The Labute approximate surface area is 278 Å². The van der Waals surface area contributed by atoms with Gasteiger partial charge in [0.05, 0.1) is 11.4 Å². The van der Waals surface area contributed by atoms with E-state index in [1.807, 2.05) is 11.3 Å². The topological polar surface area (TPSA) is 3.24 Å². The van der Waals surface area contributed by atoms with Crippen molar-refractivity contribution in [2.75, 3.05) is 4.90 Å². The molecular formula is C45H31NS. The first-order valence-corrected chi connectivity index (χ1v) is 17.2.